The standard InChI is InChI=1S/C9H18N2OS/c1-4-12-8-9(10-1)7-11-2-5-13-6-3-11/h9-10H,1-8H2. The normalized spacial score (nSPS) is 31.8. The van der Waals surface area contributed by atoms with Crippen LogP contribution in [-0.4, -0.2) is 61.8 Å². The molecule has 1 atom stereocenters. The second-order valence-electron chi connectivity index (χ2n) is 3.64. The van der Waals surface area contributed by atoms with Crippen LogP contribution >= 0.6 is 11.8 Å². The zero-order valence-corrected chi connectivity index (χ0v) is 8.81. The lowest BCUT2D eigenvalue weighted by Gasteiger charge is -2.32. The van der Waals surface area contributed by atoms with Gasteiger partial charge in [0.15, 0.2) is 0 Å². The Labute approximate surface area is 84.2 Å². The Bertz CT molecular complexity index is 129. The fourth-order valence-corrected chi connectivity index (χ4v) is 2.81. The molecule has 0 saturated carbocycles. The summed E-state index contributed by atoms with van der Waals surface area (Å²) >= 11 is 2.07. The summed E-state index contributed by atoms with van der Waals surface area (Å²) in [5.41, 5.74) is 0. The molecule has 1 unspecified atom stereocenters. The van der Waals surface area contributed by atoms with Crippen molar-refractivity contribution >= 4 is 11.8 Å². The van der Waals surface area contributed by atoms with Crippen molar-refractivity contribution in [2.24, 2.45) is 0 Å². The third-order valence-corrected chi connectivity index (χ3v) is 3.52. The van der Waals surface area contributed by atoms with Crippen molar-refractivity contribution < 1.29 is 4.74 Å². The lowest BCUT2D eigenvalue weighted by Crippen LogP contribution is -2.50. The second-order valence-corrected chi connectivity index (χ2v) is 4.86. The van der Waals surface area contributed by atoms with Crippen LogP contribution in [0.25, 0.3) is 0 Å². The molecule has 4 heteroatoms. The lowest BCUT2D eigenvalue weighted by atomic mass is 10.2. The monoisotopic (exact) mass is 202 g/mol. The van der Waals surface area contributed by atoms with E-state index in [2.05, 4.69) is 22.0 Å². The zero-order chi connectivity index (χ0) is 8.93. The Balaban J connectivity index is 1.69. The smallest absolute Gasteiger partial charge is 0.0632 e. The van der Waals surface area contributed by atoms with Crippen molar-refractivity contribution in [2.75, 3.05) is 50.9 Å². The van der Waals surface area contributed by atoms with Crippen LogP contribution in [0.3, 0.4) is 0 Å². The van der Waals surface area contributed by atoms with Crippen LogP contribution < -0.4 is 5.32 Å². The number of thioether (sulfide) groups is 1. The third kappa shape index (κ3) is 3.13. The molecule has 0 aromatic rings. The molecular weight excluding hydrogens is 184 g/mol. The number of hydrogen-bond acceptors (Lipinski definition) is 4. The van der Waals surface area contributed by atoms with Gasteiger partial charge in [-0.1, -0.05) is 0 Å². The zero-order valence-electron chi connectivity index (χ0n) is 8.00. The summed E-state index contributed by atoms with van der Waals surface area (Å²) in [6, 6.07) is 0.567. The fraction of sp³-hybridized carbons (Fsp3) is 1.00. The Hall–Kier alpha value is 0.230. The first-order chi connectivity index (χ1) is 6.45. The van der Waals surface area contributed by atoms with E-state index in [1.165, 1.54) is 31.1 Å². The number of rotatable bonds is 2. The van der Waals surface area contributed by atoms with E-state index in [1.54, 1.807) is 0 Å². The van der Waals surface area contributed by atoms with Gasteiger partial charge in [0, 0.05) is 43.7 Å². The molecule has 0 spiro atoms. The van der Waals surface area contributed by atoms with E-state index in [9.17, 15) is 0 Å². The van der Waals surface area contributed by atoms with Crippen molar-refractivity contribution in [3.63, 3.8) is 0 Å². The highest BCUT2D eigenvalue weighted by Crippen LogP contribution is 2.09. The number of nitrogens with zero attached hydrogens (tertiary/aromatic N) is 1. The van der Waals surface area contributed by atoms with Crippen molar-refractivity contribution in [3.05, 3.63) is 0 Å². The van der Waals surface area contributed by atoms with E-state index in [1.807, 2.05) is 0 Å². The highest BCUT2D eigenvalue weighted by molar-refractivity contribution is 7.99. The summed E-state index contributed by atoms with van der Waals surface area (Å²) in [6.07, 6.45) is 0. The van der Waals surface area contributed by atoms with E-state index < -0.39 is 0 Å². The minimum atomic E-state index is 0.567. The van der Waals surface area contributed by atoms with E-state index in [0.29, 0.717) is 6.04 Å². The predicted molar refractivity (Wildman–Crippen MR) is 56.4 cm³/mol. The molecule has 0 aromatic carbocycles. The molecule has 1 N–H and O–H groups in total. The average molecular weight is 202 g/mol. The van der Waals surface area contributed by atoms with Gasteiger partial charge >= 0.3 is 0 Å². The molecule has 2 rings (SSSR count). The molecule has 3 nitrogen and oxygen atoms in total. The Kier molecular flexibility index (Phi) is 3.91. The number of nitrogens with one attached hydrogen (secondary N) is 1. The van der Waals surface area contributed by atoms with Gasteiger partial charge in [-0.05, 0) is 0 Å². The van der Waals surface area contributed by atoms with Gasteiger partial charge in [0.1, 0.15) is 0 Å². The molecule has 0 amide bonds. The fourth-order valence-electron chi connectivity index (χ4n) is 1.83. The molecule has 2 saturated heterocycles. The van der Waals surface area contributed by atoms with Crippen LogP contribution in [-0.2, 0) is 4.74 Å². The van der Waals surface area contributed by atoms with Gasteiger partial charge < -0.3 is 15.0 Å². The van der Waals surface area contributed by atoms with Crippen LogP contribution in [0, 0.1) is 0 Å². The molecule has 0 aromatic heterocycles. The molecule has 2 heterocycles. The molecule has 13 heavy (non-hydrogen) atoms. The van der Waals surface area contributed by atoms with Gasteiger partial charge in [-0.25, -0.2) is 0 Å². The molecule has 2 aliphatic rings. The molecule has 0 aliphatic carbocycles. The second kappa shape index (κ2) is 5.20. The minimum Gasteiger partial charge on any atom is -0.378 e. The Morgan fingerprint density at radius 1 is 1.38 bits per heavy atom. The SMILES string of the molecule is C1COCC(CN2CCSCC2)N1. The molecule has 0 bridgehead atoms. The maximum Gasteiger partial charge on any atom is 0.0632 e. The number of ether oxygens (including phenoxy) is 1. The van der Waals surface area contributed by atoms with Crippen LogP contribution in [0.15, 0.2) is 0 Å². The summed E-state index contributed by atoms with van der Waals surface area (Å²) in [6.45, 7) is 6.47. The van der Waals surface area contributed by atoms with Gasteiger partial charge in [0.05, 0.1) is 13.2 Å². The summed E-state index contributed by atoms with van der Waals surface area (Å²) in [5, 5.41) is 3.49. The van der Waals surface area contributed by atoms with Gasteiger partial charge in [-0.3, -0.25) is 0 Å². The van der Waals surface area contributed by atoms with Gasteiger partial charge in [0.25, 0.3) is 0 Å². The van der Waals surface area contributed by atoms with E-state index in [4.69, 9.17) is 4.74 Å². The van der Waals surface area contributed by atoms with Crippen LogP contribution in [0.2, 0.25) is 0 Å². The van der Waals surface area contributed by atoms with Crippen LogP contribution in [0.5, 0.6) is 0 Å². The lowest BCUT2D eigenvalue weighted by molar-refractivity contribution is 0.0633. The maximum atomic E-state index is 5.43. The molecule has 2 fully saturated rings. The molecule has 76 valence electrons. The quantitative estimate of drug-likeness (QED) is 0.682. The maximum absolute atomic E-state index is 5.43. The molecular formula is C9H18N2OS. The van der Waals surface area contributed by atoms with E-state index >= 15 is 0 Å². The molecule has 0 radical (unpaired) electrons. The predicted octanol–water partition coefficient (Wildman–Crippen LogP) is 0.0236. The van der Waals surface area contributed by atoms with Crippen LogP contribution in [0.4, 0.5) is 0 Å². The Morgan fingerprint density at radius 3 is 2.92 bits per heavy atom. The Morgan fingerprint density at radius 2 is 2.23 bits per heavy atom. The first-order valence-electron chi connectivity index (χ1n) is 5.06. The topological polar surface area (TPSA) is 24.5 Å². The first-order valence-corrected chi connectivity index (χ1v) is 6.22. The average Bonchev–Trinajstić information content (AvgIpc) is 2.21. The minimum absolute atomic E-state index is 0.567. The summed E-state index contributed by atoms with van der Waals surface area (Å²) in [7, 11) is 0. The van der Waals surface area contributed by atoms with Gasteiger partial charge in [-0.15, -0.1) is 0 Å². The van der Waals surface area contributed by atoms with Crippen LogP contribution in [0.1, 0.15) is 0 Å². The third-order valence-electron chi connectivity index (χ3n) is 2.58. The highest BCUT2D eigenvalue weighted by atomic mass is 32.2. The highest BCUT2D eigenvalue weighted by Gasteiger charge is 2.18. The number of hydrogen-bond donors (Lipinski definition) is 1. The summed E-state index contributed by atoms with van der Waals surface area (Å²) in [5.74, 6) is 2.60. The van der Waals surface area contributed by atoms with Crippen molar-refractivity contribution in [1.82, 2.24) is 10.2 Å². The van der Waals surface area contributed by atoms with Gasteiger partial charge in [0.2, 0.25) is 0 Å². The van der Waals surface area contributed by atoms with Crippen molar-refractivity contribution in [2.45, 2.75) is 6.04 Å². The number of morpholine rings is 1. The largest absolute Gasteiger partial charge is 0.378 e. The van der Waals surface area contributed by atoms with Crippen molar-refractivity contribution in [3.8, 4) is 0 Å². The summed E-state index contributed by atoms with van der Waals surface area (Å²) < 4.78 is 5.43. The van der Waals surface area contributed by atoms with E-state index in [-0.39, 0.29) is 0 Å². The first kappa shape index (κ1) is 9.77. The summed E-state index contributed by atoms with van der Waals surface area (Å²) in [4.78, 5) is 2.54. The van der Waals surface area contributed by atoms with E-state index in [0.717, 1.165) is 19.8 Å². The van der Waals surface area contributed by atoms with Crippen molar-refractivity contribution in [1.29, 1.82) is 0 Å². The molecule has 2 aliphatic heterocycles. The van der Waals surface area contributed by atoms with Gasteiger partial charge in [-0.2, -0.15) is 11.8 Å².